The minimum Gasteiger partial charge on any atom is -0.368 e. The van der Waals surface area contributed by atoms with Crippen LogP contribution in [0.4, 0.5) is 5.95 Å². The molecule has 0 atom stereocenters. The number of hydrogen-bond acceptors (Lipinski definition) is 5. The van der Waals surface area contributed by atoms with Gasteiger partial charge in [0.2, 0.25) is 5.95 Å². The summed E-state index contributed by atoms with van der Waals surface area (Å²) in [7, 11) is 0. The summed E-state index contributed by atoms with van der Waals surface area (Å²) in [5, 5.41) is 0.316. The zero-order chi connectivity index (χ0) is 8.55. The fourth-order valence-electron chi connectivity index (χ4n) is 0.812. The van der Waals surface area contributed by atoms with Crippen LogP contribution in [-0.2, 0) is 0 Å². The molecule has 2 heterocycles. The number of halogens is 1. The highest BCUT2D eigenvalue weighted by Crippen LogP contribution is 2.09. The van der Waals surface area contributed by atoms with Gasteiger partial charge in [-0.3, -0.25) is 0 Å². The van der Waals surface area contributed by atoms with Crippen LogP contribution in [0.1, 0.15) is 0 Å². The maximum atomic E-state index is 5.60. The van der Waals surface area contributed by atoms with Crippen molar-refractivity contribution in [1.82, 2.24) is 19.9 Å². The van der Waals surface area contributed by atoms with E-state index in [9.17, 15) is 0 Å². The standard InChI is InChI=1S/C6H4ClN5/c7-4-2-9-5-3(11-4)1-10-6(8)12-5/h1-2H,(H2,8,9,10,12). The Morgan fingerprint density at radius 1 is 1.17 bits per heavy atom. The molecule has 2 rings (SSSR count). The molecule has 60 valence electrons. The van der Waals surface area contributed by atoms with E-state index in [4.69, 9.17) is 17.3 Å². The highest BCUT2D eigenvalue weighted by atomic mass is 35.5. The fraction of sp³-hybridized carbons (Fsp3) is 0. The number of rotatable bonds is 0. The van der Waals surface area contributed by atoms with E-state index in [1.54, 1.807) is 0 Å². The molecule has 2 N–H and O–H groups in total. The van der Waals surface area contributed by atoms with Crippen LogP contribution in [0.15, 0.2) is 12.4 Å². The predicted octanol–water partition coefficient (Wildman–Crippen LogP) is 0.655. The second kappa shape index (κ2) is 2.53. The Balaban J connectivity index is 2.79. The average molecular weight is 182 g/mol. The van der Waals surface area contributed by atoms with Gasteiger partial charge in [0.15, 0.2) is 5.65 Å². The van der Waals surface area contributed by atoms with Gasteiger partial charge in [0, 0.05) is 0 Å². The molecule has 12 heavy (non-hydrogen) atoms. The fourth-order valence-corrected chi connectivity index (χ4v) is 0.952. The van der Waals surface area contributed by atoms with Crippen LogP contribution >= 0.6 is 11.6 Å². The first-order valence-corrected chi connectivity index (χ1v) is 3.54. The molecule has 0 bridgehead atoms. The minimum absolute atomic E-state index is 0.180. The van der Waals surface area contributed by atoms with Crippen LogP contribution in [0.25, 0.3) is 11.2 Å². The van der Waals surface area contributed by atoms with E-state index < -0.39 is 0 Å². The predicted molar refractivity (Wildman–Crippen MR) is 44.6 cm³/mol. The Morgan fingerprint density at radius 2 is 2.00 bits per heavy atom. The minimum atomic E-state index is 0.180. The zero-order valence-electron chi connectivity index (χ0n) is 5.90. The molecule has 0 unspecified atom stereocenters. The van der Waals surface area contributed by atoms with Gasteiger partial charge < -0.3 is 5.73 Å². The van der Waals surface area contributed by atoms with Crippen molar-refractivity contribution >= 4 is 28.7 Å². The summed E-state index contributed by atoms with van der Waals surface area (Å²) in [6.45, 7) is 0. The summed E-state index contributed by atoms with van der Waals surface area (Å²) in [4.78, 5) is 15.5. The van der Waals surface area contributed by atoms with Gasteiger partial charge in [0.05, 0.1) is 12.4 Å². The lowest BCUT2D eigenvalue weighted by Gasteiger charge is -1.95. The van der Waals surface area contributed by atoms with E-state index in [-0.39, 0.29) is 5.95 Å². The molecule has 0 spiro atoms. The maximum absolute atomic E-state index is 5.60. The molecular formula is C6H4ClN5. The van der Waals surface area contributed by atoms with Crippen LogP contribution in [0.5, 0.6) is 0 Å². The van der Waals surface area contributed by atoms with E-state index in [0.29, 0.717) is 16.3 Å². The van der Waals surface area contributed by atoms with Crippen molar-refractivity contribution in [2.24, 2.45) is 0 Å². The van der Waals surface area contributed by atoms with Gasteiger partial charge in [-0.25, -0.2) is 15.0 Å². The summed E-state index contributed by atoms with van der Waals surface area (Å²) >= 11 is 5.60. The largest absolute Gasteiger partial charge is 0.368 e. The van der Waals surface area contributed by atoms with Crippen LogP contribution in [0, 0.1) is 0 Å². The van der Waals surface area contributed by atoms with Gasteiger partial charge in [-0.15, -0.1) is 0 Å². The summed E-state index contributed by atoms with van der Waals surface area (Å²) < 4.78 is 0. The third-order valence-corrected chi connectivity index (χ3v) is 1.47. The number of nitrogens with zero attached hydrogens (tertiary/aromatic N) is 4. The molecule has 0 amide bonds. The van der Waals surface area contributed by atoms with E-state index in [1.807, 2.05) is 0 Å². The van der Waals surface area contributed by atoms with E-state index in [1.165, 1.54) is 12.4 Å². The number of anilines is 1. The number of nitrogen functional groups attached to an aromatic ring is 1. The first-order valence-electron chi connectivity index (χ1n) is 3.16. The van der Waals surface area contributed by atoms with Gasteiger partial charge in [-0.1, -0.05) is 11.6 Å². The second-order valence-electron chi connectivity index (χ2n) is 2.13. The maximum Gasteiger partial charge on any atom is 0.222 e. The smallest absolute Gasteiger partial charge is 0.222 e. The zero-order valence-corrected chi connectivity index (χ0v) is 6.65. The SMILES string of the molecule is Nc1ncc2nc(Cl)cnc2n1. The van der Waals surface area contributed by atoms with Crippen LogP contribution in [0.3, 0.4) is 0 Å². The Hall–Kier alpha value is -1.49. The van der Waals surface area contributed by atoms with Crippen molar-refractivity contribution in [2.75, 3.05) is 5.73 Å². The van der Waals surface area contributed by atoms with Crippen molar-refractivity contribution in [3.05, 3.63) is 17.5 Å². The van der Waals surface area contributed by atoms with Crippen molar-refractivity contribution in [2.45, 2.75) is 0 Å². The second-order valence-corrected chi connectivity index (χ2v) is 2.52. The summed E-state index contributed by atoms with van der Waals surface area (Å²) in [6.07, 6.45) is 2.90. The number of hydrogen-bond donors (Lipinski definition) is 1. The van der Waals surface area contributed by atoms with Crippen molar-refractivity contribution < 1.29 is 0 Å². The first-order chi connectivity index (χ1) is 5.75. The highest BCUT2D eigenvalue weighted by molar-refractivity contribution is 6.29. The summed E-state index contributed by atoms with van der Waals surface area (Å²) in [5.74, 6) is 0.180. The number of aromatic nitrogens is 4. The molecule has 0 saturated carbocycles. The molecule has 0 aliphatic heterocycles. The third-order valence-electron chi connectivity index (χ3n) is 1.29. The molecule has 2 aromatic rings. The van der Waals surface area contributed by atoms with Gasteiger partial charge in [-0.2, -0.15) is 4.98 Å². The lowest BCUT2D eigenvalue weighted by Crippen LogP contribution is -1.96. The Morgan fingerprint density at radius 3 is 2.83 bits per heavy atom. The average Bonchev–Trinajstić information content (AvgIpc) is 2.05. The molecule has 5 nitrogen and oxygen atoms in total. The molecule has 2 aromatic heterocycles. The lowest BCUT2D eigenvalue weighted by molar-refractivity contribution is 1.16. The Labute approximate surface area is 72.6 Å². The quantitative estimate of drug-likeness (QED) is 0.646. The summed E-state index contributed by atoms with van der Waals surface area (Å²) in [5.41, 5.74) is 6.33. The van der Waals surface area contributed by atoms with E-state index in [2.05, 4.69) is 19.9 Å². The third kappa shape index (κ3) is 1.14. The number of nitrogens with two attached hydrogens (primary N) is 1. The van der Waals surface area contributed by atoms with Crippen LogP contribution in [-0.4, -0.2) is 19.9 Å². The van der Waals surface area contributed by atoms with Gasteiger partial charge in [0.25, 0.3) is 0 Å². The topological polar surface area (TPSA) is 77.6 Å². The van der Waals surface area contributed by atoms with Gasteiger partial charge in [0.1, 0.15) is 10.7 Å². The Kier molecular flexibility index (Phi) is 1.51. The summed E-state index contributed by atoms with van der Waals surface area (Å²) in [6, 6.07) is 0. The van der Waals surface area contributed by atoms with E-state index in [0.717, 1.165) is 0 Å². The molecule has 0 aromatic carbocycles. The highest BCUT2D eigenvalue weighted by Gasteiger charge is 1.99. The number of fused-ring (bicyclic) bond motifs is 1. The van der Waals surface area contributed by atoms with Crippen molar-refractivity contribution in [3.63, 3.8) is 0 Å². The molecule has 0 radical (unpaired) electrons. The molecular weight excluding hydrogens is 178 g/mol. The van der Waals surface area contributed by atoms with Gasteiger partial charge in [-0.05, 0) is 0 Å². The van der Waals surface area contributed by atoms with Crippen molar-refractivity contribution in [3.8, 4) is 0 Å². The van der Waals surface area contributed by atoms with Gasteiger partial charge >= 0.3 is 0 Å². The molecule has 0 fully saturated rings. The molecule has 0 saturated heterocycles. The molecule has 6 heteroatoms. The molecule has 0 aliphatic carbocycles. The van der Waals surface area contributed by atoms with Crippen LogP contribution < -0.4 is 5.73 Å². The van der Waals surface area contributed by atoms with Crippen molar-refractivity contribution in [1.29, 1.82) is 0 Å². The monoisotopic (exact) mass is 181 g/mol. The normalized spacial score (nSPS) is 10.4. The Bertz CT molecular complexity index is 388. The van der Waals surface area contributed by atoms with Crippen LogP contribution in [0.2, 0.25) is 5.15 Å². The lowest BCUT2D eigenvalue weighted by atomic mass is 10.5. The first kappa shape index (κ1) is 7.17. The molecule has 0 aliphatic rings. The van der Waals surface area contributed by atoms with E-state index >= 15 is 0 Å².